The van der Waals surface area contributed by atoms with E-state index in [1.54, 1.807) is 0 Å². The molecule has 0 aromatic heterocycles. The second-order valence-electron chi connectivity index (χ2n) is 14.8. The molecular formula is C51H34. The molecule has 0 N–H and O–H groups in total. The van der Waals surface area contributed by atoms with Gasteiger partial charge >= 0.3 is 0 Å². The third-order valence-electron chi connectivity index (χ3n) is 11.8. The van der Waals surface area contributed by atoms with E-state index in [0.717, 1.165) is 0 Å². The quantitative estimate of drug-likeness (QED) is 0.132. The highest BCUT2D eigenvalue weighted by Gasteiger charge is 2.35. The molecule has 238 valence electrons. The fourth-order valence-electron chi connectivity index (χ4n) is 9.39. The molecule has 0 nitrogen and oxygen atoms in total. The Kier molecular flexibility index (Phi) is 5.82. The predicted octanol–water partition coefficient (Wildman–Crippen LogP) is 14.2. The summed E-state index contributed by atoms with van der Waals surface area (Å²) in [5.74, 6) is 0. The molecule has 0 spiro atoms. The van der Waals surface area contributed by atoms with Crippen molar-refractivity contribution < 1.29 is 0 Å². The molecule has 0 atom stereocenters. The zero-order valence-corrected chi connectivity index (χ0v) is 28.7. The molecule has 1 aliphatic rings. The normalized spacial score (nSPS) is 13.5. The lowest BCUT2D eigenvalue weighted by Gasteiger charge is -2.22. The maximum absolute atomic E-state index is 2.46. The Balaban J connectivity index is 1.16. The predicted molar refractivity (Wildman–Crippen MR) is 219 cm³/mol. The van der Waals surface area contributed by atoms with Gasteiger partial charge in [-0.05, 0) is 128 Å². The second-order valence-corrected chi connectivity index (χ2v) is 14.8. The lowest BCUT2D eigenvalue weighted by atomic mass is 9.81. The van der Waals surface area contributed by atoms with Crippen molar-refractivity contribution in [1.29, 1.82) is 0 Å². The van der Waals surface area contributed by atoms with Gasteiger partial charge in [-0.3, -0.25) is 0 Å². The molecule has 0 radical (unpaired) electrons. The number of hydrogen-bond acceptors (Lipinski definition) is 0. The van der Waals surface area contributed by atoms with Crippen LogP contribution in [0.15, 0.2) is 170 Å². The van der Waals surface area contributed by atoms with Gasteiger partial charge in [-0.15, -0.1) is 0 Å². The van der Waals surface area contributed by atoms with Crippen molar-refractivity contribution >= 4 is 53.9 Å². The number of fused-ring (bicyclic) bond motifs is 6. The van der Waals surface area contributed by atoms with E-state index in [2.05, 4.69) is 184 Å². The van der Waals surface area contributed by atoms with Gasteiger partial charge in [0.15, 0.2) is 0 Å². The summed E-state index contributed by atoms with van der Waals surface area (Å²) in [5.41, 5.74) is 13.1. The Bertz CT molecular complexity index is 3010. The van der Waals surface area contributed by atoms with Gasteiger partial charge in [-0.2, -0.15) is 0 Å². The van der Waals surface area contributed by atoms with Gasteiger partial charge in [-0.25, -0.2) is 0 Å². The molecule has 0 fully saturated rings. The fourth-order valence-corrected chi connectivity index (χ4v) is 9.39. The zero-order valence-electron chi connectivity index (χ0n) is 28.7. The zero-order chi connectivity index (χ0) is 33.8. The standard InChI is InChI=1S/C51H34/c1-51(2)47-21-9-8-16-37(47)38-23-22-34(30-48(38)51)35-24-26-43-42-20-11-18-40-36(25-27-44(50(40)42)41-19-10-17-39(35)49(41)43)46-29-33-15-7-6-14-32(33)28-45(46)31-12-4-3-5-13-31/h3-30H,1-2H3. The number of benzene rings is 10. The van der Waals surface area contributed by atoms with Gasteiger partial charge in [0.2, 0.25) is 0 Å². The summed E-state index contributed by atoms with van der Waals surface area (Å²) in [7, 11) is 0. The maximum Gasteiger partial charge on any atom is 0.0159 e. The molecular weight excluding hydrogens is 613 g/mol. The summed E-state index contributed by atoms with van der Waals surface area (Å²) >= 11 is 0. The largest absolute Gasteiger partial charge is 0.0622 e. The van der Waals surface area contributed by atoms with Crippen molar-refractivity contribution in [3.8, 4) is 44.5 Å². The highest BCUT2D eigenvalue weighted by molar-refractivity contribution is 6.35. The summed E-state index contributed by atoms with van der Waals surface area (Å²) in [6.07, 6.45) is 0. The van der Waals surface area contributed by atoms with Crippen LogP contribution in [0, 0.1) is 0 Å². The molecule has 51 heavy (non-hydrogen) atoms. The first-order valence-corrected chi connectivity index (χ1v) is 18.0. The van der Waals surface area contributed by atoms with E-state index in [9.17, 15) is 0 Å². The molecule has 0 heterocycles. The Morgan fingerprint density at radius 1 is 0.294 bits per heavy atom. The summed E-state index contributed by atoms with van der Waals surface area (Å²) in [6.45, 7) is 4.73. The third kappa shape index (κ3) is 3.96. The minimum Gasteiger partial charge on any atom is -0.0622 e. The van der Waals surface area contributed by atoms with Crippen LogP contribution in [0.25, 0.3) is 98.4 Å². The average molecular weight is 647 g/mol. The summed E-state index contributed by atoms with van der Waals surface area (Å²) in [5, 5.41) is 13.1. The molecule has 0 aliphatic heterocycles. The minimum absolute atomic E-state index is 0.0357. The van der Waals surface area contributed by atoms with Gasteiger partial charge in [0, 0.05) is 5.41 Å². The van der Waals surface area contributed by atoms with Crippen molar-refractivity contribution in [2.24, 2.45) is 0 Å². The lowest BCUT2D eigenvalue weighted by Crippen LogP contribution is -2.14. The van der Waals surface area contributed by atoms with Crippen molar-refractivity contribution in [2.75, 3.05) is 0 Å². The van der Waals surface area contributed by atoms with E-state index in [0.29, 0.717) is 0 Å². The van der Waals surface area contributed by atoms with Crippen molar-refractivity contribution in [3.05, 3.63) is 181 Å². The van der Waals surface area contributed by atoms with E-state index in [1.807, 2.05) is 0 Å². The fraction of sp³-hybridized carbons (Fsp3) is 0.0588. The Morgan fingerprint density at radius 2 is 0.824 bits per heavy atom. The van der Waals surface area contributed by atoms with Crippen LogP contribution in [-0.2, 0) is 5.41 Å². The van der Waals surface area contributed by atoms with Crippen molar-refractivity contribution in [2.45, 2.75) is 19.3 Å². The average Bonchev–Trinajstić information content (AvgIpc) is 3.41. The van der Waals surface area contributed by atoms with Crippen LogP contribution >= 0.6 is 0 Å². The van der Waals surface area contributed by atoms with Gasteiger partial charge in [-0.1, -0.05) is 166 Å². The highest BCUT2D eigenvalue weighted by Crippen LogP contribution is 2.51. The monoisotopic (exact) mass is 646 g/mol. The molecule has 11 rings (SSSR count). The molecule has 10 aromatic rings. The molecule has 0 heteroatoms. The van der Waals surface area contributed by atoms with Gasteiger partial charge in [0.1, 0.15) is 0 Å². The first-order chi connectivity index (χ1) is 25.1. The van der Waals surface area contributed by atoms with Crippen molar-refractivity contribution in [1.82, 2.24) is 0 Å². The van der Waals surface area contributed by atoms with Crippen LogP contribution in [0.2, 0.25) is 0 Å². The molecule has 0 saturated heterocycles. The van der Waals surface area contributed by atoms with E-state index in [-0.39, 0.29) is 5.41 Å². The maximum atomic E-state index is 2.46. The molecule has 0 saturated carbocycles. The molecule has 1 aliphatic carbocycles. The smallest absolute Gasteiger partial charge is 0.0159 e. The molecule has 10 aromatic carbocycles. The van der Waals surface area contributed by atoms with E-state index < -0.39 is 0 Å². The second kappa shape index (κ2) is 10.4. The highest BCUT2D eigenvalue weighted by atomic mass is 14.4. The van der Waals surface area contributed by atoms with Crippen molar-refractivity contribution in [3.63, 3.8) is 0 Å². The summed E-state index contributed by atoms with van der Waals surface area (Å²) in [4.78, 5) is 0. The lowest BCUT2D eigenvalue weighted by molar-refractivity contribution is 0.660. The number of hydrogen-bond donors (Lipinski definition) is 0. The van der Waals surface area contributed by atoms with Crippen LogP contribution in [0.1, 0.15) is 25.0 Å². The number of rotatable bonds is 3. The SMILES string of the molecule is CC1(C)c2ccccc2-c2ccc(-c3ccc4c5cccc6c(-c7cc8ccccc8cc7-c7ccccc7)ccc(c7cccc3c47)c65)cc21. The summed E-state index contributed by atoms with van der Waals surface area (Å²) < 4.78 is 0. The van der Waals surface area contributed by atoms with E-state index >= 15 is 0 Å². The third-order valence-corrected chi connectivity index (χ3v) is 11.8. The van der Waals surface area contributed by atoms with E-state index in [1.165, 1.54) is 109 Å². The van der Waals surface area contributed by atoms with Crippen LogP contribution in [0.3, 0.4) is 0 Å². The first-order valence-electron chi connectivity index (χ1n) is 18.0. The van der Waals surface area contributed by atoms with Gasteiger partial charge < -0.3 is 0 Å². The molecule has 0 unspecified atom stereocenters. The summed E-state index contributed by atoms with van der Waals surface area (Å²) in [6, 6.07) is 63.7. The van der Waals surface area contributed by atoms with Gasteiger partial charge in [0.05, 0.1) is 0 Å². The topological polar surface area (TPSA) is 0 Å². The van der Waals surface area contributed by atoms with E-state index in [4.69, 9.17) is 0 Å². The Labute approximate surface area is 297 Å². The van der Waals surface area contributed by atoms with Gasteiger partial charge in [0.25, 0.3) is 0 Å². The Hall–Kier alpha value is -6.24. The van der Waals surface area contributed by atoms with Crippen LogP contribution < -0.4 is 0 Å². The molecule has 0 bridgehead atoms. The van der Waals surface area contributed by atoms with Crippen LogP contribution in [0.4, 0.5) is 0 Å². The van der Waals surface area contributed by atoms with Crippen LogP contribution in [-0.4, -0.2) is 0 Å². The van der Waals surface area contributed by atoms with Crippen LogP contribution in [0.5, 0.6) is 0 Å². The first kappa shape index (κ1) is 28.6. The Morgan fingerprint density at radius 3 is 1.55 bits per heavy atom. The minimum atomic E-state index is -0.0357. The molecule has 0 amide bonds.